The van der Waals surface area contributed by atoms with Crippen LogP contribution in [0.15, 0.2) is 24.3 Å². The largest absolute Gasteiger partial charge is 0.492 e. The minimum absolute atomic E-state index is 0.266. The van der Waals surface area contributed by atoms with Crippen LogP contribution in [0.25, 0.3) is 0 Å². The second-order valence-corrected chi connectivity index (χ2v) is 5.36. The van der Waals surface area contributed by atoms with Crippen molar-refractivity contribution in [2.24, 2.45) is 5.84 Å². The van der Waals surface area contributed by atoms with Gasteiger partial charge in [-0.3, -0.25) is 15.1 Å². The Hall–Kier alpha value is -1.63. The van der Waals surface area contributed by atoms with Crippen LogP contribution in [0.2, 0.25) is 0 Å². The minimum Gasteiger partial charge on any atom is -0.492 e. The Morgan fingerprint density at radius 1 is 1.33 bits per heavy atom. The summed E-state index contributed by atoms with van der Waals surface area (Å²) in [5, 5.41) is 0. The number of ether oxygens (including phenoxy) is 2. The molecular formula is C15H23N3O3. The molecule has 2 rings (SSSR count). The maximum atomic E-state index is 11.3. The Kier molecular flexibility index (Phi) is 5.55. The van der Waals surface area contributed by atoms with Gasteiger partial charge < -0.3 is 9.47 Å². The third-order valence-corrected chi connectivity index (χ3v) is 3.42. The Balaban J connectivity index is 1.77. The zero-order chi connectivity index (χ0) is 15.2. The number of nitrogens with two attached hydrogens (primary N) is 1. The van der Waals surface area contributed by atoms with Crippen molar-refractivity contribution in [3.8, 4) is 5.75 Å². The summed E-state index contributed by atoms with van der Waals surface area (Å²) < 4.78 is 11.4. The SMILES string of the molecule is CC1CN(CCOc2ccc(C(=O)NN)cc2)CC(C)O1. The van der Waals surface area contributed by atoms with Crippen molar-refractivity contribution in [3.63, 3.8) is 0 Å². The molecule has 1 heterocycles. The monoisotopic (exact) mass is 293 g/mol. The van der Waals surface area contributed by atoms with Gasteiger partial charge in [-0.15, -0.1) is 0 Å². The highest BCUT2D eigenvalue weighted by molar-refractivity contribution is 5.93. The molecule has 0 aliphatic carbocycles. The predicted octanol–water partition coefficient (Wildman–Crippen LogP) is 0.778. The zero-order valence-electron chi connectivity index (χ0n) is 12.5. The minimum atomic E-state index is -0.308. The lowest BCUT2D eigenvalue weighted by atomic mass is 10.2. The van der Waals surface area contributed by atoms with Gasteiger partial charge in [0.2, 0.25) is 0 Å². The van der Waals surface area contributed by atoms with Crippen molar-refractivity contribution in [1.29, 1.82) is 0 Å². The van der Waals surface area contributed by atoms with Crippen LogP contribution in [-0.4, -0.2) is 49.3 Å². The molecule has 1 aromatic rings. The van der Waals surface area contributed by atoms with Gasteiger partial charge in [0.15, 0.2) is 0 Å². The fourth-order valence-electron chi connectivity index (χ4n) is 2.55. The molecule has 0 saturated carbocycles. The number of hydrogen-bond acceptors (Lipinski definition) is 5. The molecule has 6 nitrogen and oxygen atoms in total. The Morgan fingerprint density at radius 2 is 1.95 bits per heavy atom. The number of benzene rings is 1. The van der Waals surface area contributed by atoms with Gasteiger partial charge in [0.1, 0.15) is 12.4 Å². The van der Waals surface area contributed by atoms with E-state index in [4.69, 9.17) is 15.3 Å². The van der Waals surface area contributed by atoms with Crippen LogP contribution in [-0.2, 0) is 4.74 Å². The topological polar surface area (TPSA) is 76.8 Å². The molecule has 21 heavy (non-hydrogen) atoms. The average Bonchev–Trinajstić information content (AvgIpc) is 2.46. The number of nitrogens with one attached hydrogen (secondary N) is 1. The number of hydrazine groups is 1. The van der Waals surface area contributed by atoms with Gasteiger partial charge in [0, 0.05) is 25.2 Å². The van der Waals surface area contributed by atoms with Gasteiger partial charge >= 0.3 is 0 Å². The van der Waals surface area contributed by atoms with E-state index in [-0.39, 0.29) is 18.1 Å². The number of nitrogen functional groups attached to an aromatic ring is 1. The summed E-state index contributed by atoms with van der Waals surface area (Å²) in [5.41, 5.74) is 2.61. The van der Waals surface area contributed by atoms with Crippen LogP contribution in [0.5, 0.6) is 5.75 Å². The molecule has 0 spiro atoms. The number of nitrogens with zero attached hydrogens (tertiary/aromatic N) is 1. The van der Waals surface area contributed by atoms with E-state index in [1.165, 1.54) is 0 Å². The lowest BCUT2D eigenvalue weighted by Crippen LogP contribution is -2.46. The maximum Gasteiger partial charge on any atom is 0.265 e. The number of hydrogen-bond donors (Lipinski definition) is 2. The molecular weight excluding hydrogens is 270 g/mol. The van der Waals surface area contributed by atoms with Gasteiger partial charge in [-0.1, -0.05) is 0 Å². The summed E-state index contributed by atoms with van der Waals surface area (Å²) >= 11 is 0. The highest BCUT2D eigenvalue weighted by Crippen LogP contribution is 2.13. The van der Waals surface area contributed by atoms with Crippen molar-refractivity contribution in [2.45, 2.75) is 26.1 Å². The van der Waals surface area contributed by atoms with E-state index in [1.54, 1.807) is 24.3 Å². The molecule has 0 radical (unpaired) electrons. The van der Waals surface area contributed by atoms with Crippen molar-refractivity contribution in [3.05, 3.63) is 29.8 Å². The average molecular weight is 293 g/mol. The third-order valence-electron chi connectivity index (χ3n) is 3.42. The lowest BCUT2D eigenvalue weighted by molar-refractivity contribution is -0.0699. The first-order valence-electron chi connectivity index (χ1n) is 7.20. The normalized spacial score (nSPS) is 22.8. The number of morpholine rings is 1. The van der Waals surface area contributed by atoms with Crippen LogP contribution in [0.1, 0.15) is 24.2 Å². The van der Waals surface area contributed by atoms with Crippen LogP contribution >= 0.6 is 0 Å². The van der Waals surface area contributed by atoms with Crippen molar-refractivity contribution >= 4 is 5.91 Å². The summed E-state index contributed by atoms with van der Waals surface area (Å²) in [6, 6.07) is 6.93. The first-order valence-corrected chi connectivity index (χ1v) is 7.20. The van der Waals surface area contributed by atoms with E-state index >= 15 is 0 Å². The highest BCUT2D eigenvalue weighted by Gasteiger charge is 2.21. The maximum absolute atomic E-state index is 11.3. The summed E-state index contributed by atoms with van der Waals surface area (Å²) in [6.45, 7) is 7.52. The van der Waals surface area contributed by atoms with E-state index in [2.05, 4.69) is 24.2 Å². The van der Waals surface area contributed by atoms with Gasteiger partial charge in [0.25, 0.3) is 5.91 Å². The Morgan fingerprint density at radius 3 is 2.52 bits per heavy atom. The van der Waals surface area contributed by atoms with Gasteiger partial charge in [-0.25, -0.2) is 5.84 Å². The molecule has 2 atom stereocenters. The molecule has 6 heteroatoms. The van der Waals surface area contributed by atoms with E-state index in [0.29, 0.717) is 12.2 Å². The summed E-state index contributed by atoms with van der Waals surface area (Å²) in [5.74, 6) is 5.52. The quantitative estimate of drug-likeness (QED) is 0.476. The summed E-state index contributed by atoms with van der Waals surface area (Å²) in [6.07, 6.45) is 0.533. The summed E-state index contributed by atoms with van der Waals surface area (Å²) in [4.78, 5) is 13.7. The molecule has 3 N–H and O–H groups in total. The van der Waals surface area contributed by atoms with Gasteiger partial charge in [0.05, 0.1) is 12.2 Å². The molecule has 0 bridgehead atoms. The molecule has 1 aromatic carbocycles. The first kappa shape index (κ1) is 15.8. The smallest absolute Gasteiger partial charge is 0.265 e. The van der Waals surface area contributed by atoms with Crippen LogP contribution in [0.4, 0.5) is 0 Å². The lowest BCUT2D eigenvalue weighted by Gasteiger charge is -2.35. The molecule has 1 aliphatic heterocycles. The van der Waals surface area contributed by atoms with E-state index in [1.807, 2.05) is 0 Å². The molecule has 2 unspecified atom stereocenters. The van der Waals surface area contributed by atoms with E-state index < -0.39 is 0 Å². The molecule has 1 amide bonds. The molecule has 1 fully saturated rings. The second-order valence-electron chi connectivity index (χ2n) is 5.36. The fraction of sp³-hybridized carbons (Fsp3) is 0.533. The van der Waals surface area contributed by atoms with Crippen molar-refractivity contribution < 1.29 is 14.3 Å². The number of carbonyl (C=O) groups is 1. The second kappa shape index (κ2) is 7.40. The van der Waals surface area contributed by atoms with Gasteiger partial charge in [-0.2, -0.15) is 0 Å². The molecule has 1 saturated heterocycles. The molecule has 116 valence electrons. The van der Waals surface area contributed by atoms with E-state index in [0.717, 1.165) is 25.4 Å². The predicted molar refractivity (Wildman–Crippen MR) is 80.0 cm³/mol. The number of amides is 1. The van der Waals surface area contributed by atoms with Crippen LogP contribution < -0.4 is 16.0 Å². The first-order chi connectivity index (χ1) is 10.1. The van der Waals surface area contributed by atoms with E-state index in [9.17, 15) is 4.79 Å². The summed E-state index contributed by atoms with van der Waals surface area (Å²) in [7, 11) is 0. The van der Waals surface area contributed by atoms with Gasteiger partial charge in [-0.05, 0) is 38.1 Å². The van der Waals surface area contributed by atoms with Crippen molar-refractivity contribution in [1.82, 2.24) is 10.3 Å². The van der Waals surface area contributed by atoms with Crippen molar-refractivity contribution in [2.75, 3.05) is 26.2 Å². The Bertz CT molecular complexity index is 454. The van der Waals surface area contributed by atoms with Crippen LogP contribution in [0, 0.1) is 0 Å². The fourth-order valence-corrected chi connectivity index (χ4v) is 2.55. The van der Waals surface area contributed by atoms with Crippen LogP contribution in [0.3, 0.4) is 0 Å². The zero-order valence-corrected chi connectivity index (χ0v) is 12.5. The highest BCUT2D eigenvalue weighted by atomic mass is 16.5. The molecule has 0 aromatic heterocycles. The number of rotatable bonds is 5. The number of carbonyl (C=O) groups excluding carboxylic acids is 1. The Labute approximate surface area is 125 Å². The standard InChI is InChI=1S/C15H23N3O3/c1-11-9-18(10-12(2)21-11)7-8-20-14-5-3-13(4-6-14)15(19)17-16/h3-6,11-12H,7-10,16H2,1-2H3,(H,17,19). The molecule has 1 aliphatic rings. The third kappa shape index (κ3) is 4.70.